The molecule has 0 radical (unpaired) electrons. The van der Waals surface area contributed by atoms with Crippen LogP contribution in [0.4, 0.5) is 11.4 Å². The molecule has 0 atom stereocenters. The van der Waals surface area contributed by atoms with Crippen molar-refractivity contribution in [2.24, 2.45) is 0 Å². The highest BCUT2D eigenvalue weighted by atomic mass is 35.5. The second-order valence-electron chi connectivity index (χ2n) is 5.00. The normalized spacial score (nSPS) is 12.9. The molecule has 0 bridgehead atoms. The number of hydrogen-bond donors (Lipinski definition) is 2. The number of rotatable bonds is 2. The molecule has 0 fully saturated rings. The molecule has 0 saturated heterocycles. The number of hydrogen-bond acceptors (Lipinski definition) is 4. The van der Waals surface area contributed by atoms with Crippen molar-refractivity contribution >= 4 is 29.7 Å². The number of oxazole rings is 1. The van der Waals surface area contributed by atoms with Gasteiger partial charge in [0.2, 0.25) is 5.76 Å². The highest BCUT2D eigenvalue weighted by Crippen LogP contribution is 2.25. The van der Waals surface area contributed by atoms with Crippen LogP contribution in [-0.2, 0) is 6.42 Å². The smallest absolute Gasteiger partial charge is 0.293 e. The zero-order chi connectivity index (χ0) is 14.1. The van der Waals surface area contributed by atoms with Crippen molar-refractivity contribution < 1.29 is 9.21 Å². The molecule has 6 heteroatoms. The van der Waals surface area contributed by atoms with E-state index in [2.05, 4.69) is 15.6 Å². The Labute approximate surface area is 129 Å². The summed E-state index contributed by atoms with van der Waals surface area (Å²) in [7, 11) is 0. The first-order chi connectivity index (χ1) is 9.63. The SMILES string of the molecule is Cc1nc(C)c(C(=O)Nc2ccc3c(c2)CCCN3)o1.Cl. The molecule has 1 aliphatic heterocycles. The van der Waals surface area contributed by atoms with Crippen LogP contribution >= 0.6 is 12.4 Å². The second kappa shape index (κ2) is 6.18. The first-order valence-electron chi connectivity index (χ1n) is 6.75. The maximum atomic E-state index is 12.2. The predicted octanol–water partition coefficient (Wildman–Crippen LogP) is 3.32. The maximum Gasteiger partial charge on any atom is 0.293 e. The fourth-order valence-electron chi connectivity index (χ4n) is 2.48. The summed E-state index contributed by atoms with van der Waals surface area (Å²) in [6.07, 6.45) is 2.15. The van der Waals surface area contributed by atoms with Crippen LogP contribution in [0.15, 0.2) is 22.6 Å². The van der Waals surface area contributed by atoms with Gasteiger partial charge in [-0.15, -0.1) is 12.4 Å². The first-order valence-corrected chi connectivity index (χ1v) is 6.75. The van der Waals surface area contributed by atoms with Crippen molar-refractivity contribution in [2.75, 3.05) is 17.2 Å². The Kier molecular flexibility index (Phi) is 4.53. The summed E-state index contributed by atoms with van der Waals surface area (Å²) in [6.45, 7) is 4.51. The molecule has 1 aliphatic rings. The second-order valence-corrected chi connectivity index (χ2v) is 5.00. The molecule has 2 N–H and O–H groups in total. The van der Waals surface area contributed by atoms with Gasteiger partial charge in [0.15, 0.2) is 5.89 Å². The quantitative estimate of drug-likeness (QED) is 0.893. The summed E-state index contributed by atoms with van der Waals surface area (Å²) in [5.74, 6) is 0.521. The monoisotopic (exact) mass is 307 g/mol. The Morgan fingerprint density at radius 2 is 2.19 bits per heavy atom. The number of benzene rings is 1. The number of halogens is 1. The number of fused-ring (bicyclic) bond motifs is 1. The fourth-order valence-corrected chi connectivity index (χ4v) is 2.48. The Morgan fingerprint density at radius 1 is 1.38 bits per heavy atom. The lowest BCUT2D eigenvalue weighted by atomic mass is 10.0. The molecule has 2 heterocycles. The van der Waals surface area contributed by atoms with Crippen LogP contribution in [0.2, 0.25) is 0 Å². The molecule has 0 saturated carbocycles. The maximum absolute atomic E-state index is 12.2. The highest BCUT2D eigenvalue weighted by molar-refractivity contribution is 6.03. The number of aryl methyl sites for hydroxylation is 3. The van der Waals surface area contributed by atoms with Crippen LogP contribution in [0.5, 0.6) is 0 Å². The third-order valence-corrected chi connectivity index (χ3v) is 3.41. The Hall–Kier alpha value is -2.01. The molecule has 0 spiro atoms. The third kappa shape index (κ3) is 3.19. The molecule has 3 rings (SSSR count). The number of carbonyl (C=O) groups excluding carboxylic acids is 1. The lowest BCUT2D eigenvalue weighted by molar-refractivity contribution is 0.0994. The van der Waals surface area contributed by atoms with Gasteiger partial charge >= 0.3 is 0 Å². The van der Waals surface area contributed by atoms with E-state index in [1.165, 1.54) is 5.56 Å². The molecule has 0 unspecified atom stereocenters. The molecule has 21 heavy (non-hydrogen) atoms. The molecular weight excluding hydrogens is 290 g/mol. The Balaban J connectivity index is 0.00000161. The van der Waals surface area contributed by atoms with Crippen LogP contribution in [0.3, 0.4) is 0 Å². The number of carbonyl (C=O) groups is 1. The van der Waals surface area contributed by atoms with Gasteiger partial charge in [0, 0.05) is 24.8 Å². The first kappa shape index (κ1) is 15.4. The lowest BCUT2D eigenvalue weighted by Gasteiger charge is -2.18. The topological polar surface area (TPSA) is 67.2 Å². The van der Waals surface area contributed by atoms with E-state index in [9.17, 15) is 4.79 Å². The zero-order valence-electron chi connectivity index (χ0n) is 12.0. The van der Waals surface area contributed by atoms with Gasteiger partial charge in [-0.2, -0.15) is 0 Å². The third-order valence-electron chi connectivity index (χ3n) is 3.41. The Morgan fingerprint density at radius 3 is 2.90 bits per heavy atom. The summed E-state index contributed by atoms with van der Waals surface area (Å²) in [4.78, 5) is 16.3. The van der Waals surface area contributed by atoms with Crippen molar-refractivity contribution in [1.82, 2.24) is 4.98 Å². The van der Waals surface area contributed by atoms with Crippen molar-refractivity contribution in [2.45, 2.75) is 26.7 Å². The van der Waals surface area contributed by atoms with Gasteiger partial charge in [-0.25, -0.2) is 4.98 Å². The average Bonchev–Trinajstić information content (AvgIpc) is 2.78. The average molecular weight is 308 g/mol. The standard InChI is InChI=1S/C15H17N3O2.ClH/c1-9-14(20-10(2)17-9)15(19)18-12-5-6-13-11(8-12)4-3-7-16-13;/h5-6,8,16H,3-4,7H2,1-2H3,(H,18,19);1H. The van der Waals surface area contributed by atoms with E-state index in [1.54, 1.807) is 13.8 Å². The molecule has 112 valence electrons. The van der Waals surface area contributed by atoms with E-state index in [0.717, 1.165) is 30.8 Å². The van der Waals surface area contributed by atoms with Crippen LogP contribution in [0.1, 0.15) is 34.1 Å². The molecule has 1 aromatic heterocycles. The van der Waals surface area contributed by atoms with E-state index < -0.39 is 0 Å². The van der Waals surface area contributed by atoms with Gasteiger partial charge < -0.3 is 15.1 Å². The number of anilines is 2. The van der Waals surface area contributed by atoms with Gasteiger partial charge in [0.25, 0.3) is 5.91 Å². The molecular formula is C15H18ClN3O2. The lowest BCUT2D eigenvalue weighted by Crippen LogP contribution is -2.15. The summed E-state index contributed by atoms with van der Waals surface area (Å²) >= 11 is 0. The predicted molar refractivity (Wildman–Crippen MR) is 84.4 cm³/mol. The highest BCUT2D eigenvalue weighted by Gasteiger charge is 2.17. The van der Waals surface area contributed by atoms with Gasteiger partial charge in [-0.1, -0.05) is 0 Å². The summed E-state index contributed by atoms with van der Waals surface area (Å²) in [5, 5.41) is 6.21. The van der Waals surface area contributed by atoms with Gasteiger partial charge in [0.1, 0.15) is 0 Å². The summed E-state index contributed by atoms with van der Waals surface area (Å²) in [6, 6.07) is 5.91. The molecule has 0 aliphatic carbocycles. The van der Waals surface area contributed by atoms with Crippen molar-refractivity contribution in [3.8, 4) is 0 Å². The van der Waals surface area contributed by atoms with E-state index >= 15 is 0 Å². The largest absolute Gasteiger partial charge is 0.436 e. The summed E-state index contributed by atoms with van der Waals surface area (Å²) < 4.78 is 5.33. The van der Waals surface area contributed by atoms with Crippen LogP contribution in [0, 0.1) is 13.8 Å². The van der Waals surface area contributed by atoms with Crippen LogP contribution in [-0.4, -0.2) is 17.4 Å². The van der Waals surface area contributed by atoms with E-state index in [4.69, 9.17) is 4.42 Å². The zero-order valence-corrected chi connectivity index (χ0v) is 12.8. The minimum Gasteiger partial charge on any atom is -0.436 e. The summed E-state index contributed by atoms with van der Waals surface area (Å²) in [5.41, 5.74) is 3.78. The minimum atomic E-state index is -0.258. The number of aromatic nitrogens is 1. The molecule has 1 aromatic carbocycles. The van der Waals surface area contributed by atoms with E-state index in [-0.39, 0.29) is 24.1 Å². The van der Waals surface area contributed by atoms with Crippen LogP contribution in [0.25, 0.3) is 0 Å². The minimum absolute atomic E-state index is 0. The van der Waals surface area contributed by atoms with Gasteiger partial charge in [-0.05, 0) is 43.5 Å². The van der Waals surface area contributed by atoms with Crippen molar-refractivity contribution in [1.29, 1.82) is 0 Å². The fraction of sp³-hybridized carbons (Fsp3) is 0.333. The number of nitrogens with zero attached hydrogens (tertiary/aromatic N) is 1. The van der Waals surface area contributed by atoms with Gasteiger partial charge in [0.05, 0.1) is 5.69 Å². The van der Waals surface area contributed by atoms with Crippen molar-refractivity contribution in [3.05, 3.63) is 41.1 Å². The Bertz CT molecular complexity index is 667. The number of amides is 1. The van der Waals surface area contributed by atoms with E-state index in [0.29, 0.717) is 11.6 Å². The van der Waals surface area contributed by atoms with Gasteiger partial charge in [-0.3, -0.25) is 4.79 Å². The molecule has 1 amide bonds. The molecule has 5 nitrogen and oxygen atoms in total. The molecule has 2 aromatic rings. The van der Waals surface area contributed by atoms with Crippen LogP contribution < -0.4 is 10.6 Å². The van der Waals surface area contributed by atoms with Crippen molar-refractivity contribution in [3.63, 3.8) is 0 Å². The van der Waals surface area contributed by atoms with E-state index in [1.807, 2.05) is 18.2 Å². The number of nitrogens with one attached hydrogen (secondary N) is 2.